The first-order valence-electron chi connectivity index (χ1n) is 5.82. The summed E-state index contributed by atoms with van der Waals surface area (Å²) >= 11 is 0. The van der Waals surface area contributed by atoms with Crippen molar-refractivity contribution in [2.75, 3.05) is 13.1 Å². The fourth-order valence-corrected chi connectivity index (χ4v) is 1.76. The molecule has 1 aliphatic heterocycles. The number of rotatable bonds is 0. The number of likely N-dealkylation sites (tertiary alicyclic amines) is 1. The molecule has 1 saturated heterocycles. The van der Waals surface area contributed by atoms with Gasteiger partial charge >= 0.3 is 6.09 Å². The Morgan fingerprint density at radius 3 is 2.50 bits per heavy atom. The molecule has 0 unspecified atom stereocenters. The highest BCUT2D eigenvalue weighted by Crippen LogP contribution is 2.27. The summed E-state index contributed by atoms with van der Waals surface area (Å²) in [7, 11) is 0. The molecule has 4 heteroatoms. The standard InChI is InChI=1S/C12H23NO3/c1-9-6-7-13(8-12(9,5)15)10(14)16-11(2,3)4/h9,15H,6-8H2,1-5H3/t9-,12-/m1/s1. The number of amides is 1. The first-order chi connectivity index (χ1) is 7.12. The maximum atomic E-state index is 11.8. The molecular formula is C12H23NO3. The van der Waals surface area contributed by atoms with Crippen molar-refractivity contribution >= 4 is 6.09 Å². The van der Waals surface area contributed by atoms with E-state index in [2.05, 4.69) is 0 Å². The average Bonchev–Trinajstić information content (AvgIpc) is 2.06. The summed E-state index contributed by atoms with van der Waals surface area (Å²) in [5.41, 5.74) is -1.29. The third-order valence-electron chi connectivity index (χ3n) is 3.06. The van der Waals surface area contributed by atoms with Crippen LogP contribution in [0, 0.1) is 5.92 Å². The average molecular weight is 229 g/mol. The summed E-state index contributed by atoms with van der Waals surface area (Å²) in [6, 6.07) is 0. The van der Waals surface area contributed by atoms with Crippen molar-refractivity contribution in [3.05, 3.63) is 0 Å². The normalized spacial score (nSPS) is 31.4. The lowest BCUT2D eigenvalue weighted by atomic mass is 9.84. The second-order valence-corrected chi connectivity index (χ2v) is 5.95. The summed E-state index contributed by atoms with van der Waals surface area (Å²) in [5.74, 6) is 0.214. The van der Waals surface area contributed by atoms with Crippen LogP contribution >= 0.6 is 0 Å². The van der Waals surface area contributed by atoms with Crippen molar-refractivity contribution in [2.24, 2.45) is 5.92 Å². The van der Waals surface area contributed by atoms with Crippen LogP contribution in [0.15, 0.2) is 0 Å². The molecule has 94 valence electrons. The minimum Gasteiger partial charge on any atom is -0.444 e. The van der Waals surface area contributed by atoms with Gasteiger partial charge in [0.15, 0.2) is 0 Å². The summed E-state index contributed by atoms with van der Waals surface area (Å²) < 4.78 is 5.28. The van der Waals surface area contributed by atoms with E-state index in [-0.39, 0.29) is 12.0 Å². The summed E-state index contributed by atoms with van der Waals surface area (Å²) in [6.45, 7) is 10.3. The van der Waals surface area contributed by atoms with Gasteiger partial charge in [0, 0.05) is 6.54 Å². The molecule has 1 aliphatic rings. The molecule has 16 heavy (non-hydrogen) atoms. The van der Waals surface area contributed by atoms with E-state index in [0.29, 0.717) is 13.1 Å². The molecule has 1 rings (SSSR count). The number of β-amino-alcohol motifs (C(OH)–C–C–N with tert-alkyl or cyclic N) is 1. The lowest BCUT2D eigenvalue weighted by Crippen LogP contribution is -2.53. The Morgan fingerprint density at radius 2 is 2.06 bits per heavy atom. The Bertz CT molecular complexity index is 268. The lowest BCUT2D eigenvalue weighted by Gasteiger charge is -2.41. The molecule has 0 aromatic carbocycles. The van der Waals surface area contributed by atoms with Gasteiger partial charge in [-0.3, -0.25) is 0 Å². The first-order valence-corrected chi connectivity index (χ1v) is 5.82. The van der Waals surface area contributed by atoms with Gasteiger partial charge in [0.1, 0.15) is 5.60 Å². The smallest absolute Gasteiger partial charge is 0.410 e. The third kappa shape index (κ3) is 3.37. The van der Waals surface area contributed by atoms with Crippen LogP contribution in [-0.2, 0) is 4.74 Å². The van der Waals surface area contributed by atoms with E-state index < -0.39 is 11.2 Å². The molecule has 2 atom stereocenters. The van der Waals surface area contributed by atoms with Crippen LogP contribution in [0.2, 0.25) is 0 Å². The zero-order valence-electron chi connectivity index (χ0n) is 10.9. The predicted octanol–water partition coefficient (Wildman–Crippen LogP) is 2.01. The Kier molecular flexibility index (Phi) is 3.53. The van der Waals surface area contributed by atoms with Crippen LogP contribution in [0.5, 0.6) is 0 Å². The summed E-state index contributed by atoms with van der Waals surface area (Å²) in [6.07, 6.45) is 0.478. The fourth-order valence-electron chi connectivity index (χ4n) is 1.76. The molecule has 0 radical (unpaired) electrons. The molecule has 0 aliphatic carbocycles. The Hall–Kier alpha value is -0.770. The van der Waals surface area contributed by atoms with E-state index in [4.69, 9.17) is 4.74 Å². The molecule has 0 aromatic heterocycles. The number of hydrogen-bond acceptors (Lipinski definition) is 3. The SMILES string of the molecule is C[C@@H]1CCN(C(=O)OC(C)(C)C)C[C@@]1(C)O. The Labute approximate surface area is 97.6 Å². The van der Waals surface area contributed by atoms with Gasteiger partial charge in [0.25, 0.3) is 0 Å². The topological polar surface area (TPSA) is 49.8 Å². The van der Waals surface area contributed by atoms with Gasteiger partial charge in [-0.05, 0) is 40.0 Å². The minimum atomic E-state index is -0.810. The van der Waals surface area contributed by atoms with Crippen LogP contribution in [-0.4, -0.2) is 40.4 Å². The zero-order chi connectivity index (χ0) is 12.6. The number of nitrogens with zero attached hydrogens (tertiary/aromatic N) is 1. The Balaban J connectivity index is 2.60. The molecule has 4 nitrogen and oxygen atoms in total. The summed E-state index contributed by atoms with van der Waals surface area (Å²) in [5, 5.41) is 10.1. The van der Waals surface area contributed by atoms with Gasteiger partial charge in [-0.15, -0.1) is 0 Å². The highest BCUT2D eigenvalue weighted by Gasteiger charge is 2.38. The van der Waals surface area contributed by atoms with Crippen LogP contribution in [0.25, 0.3) is 0 Å². The largest absolute Gasteiger partial charge is 0.444 e. The maximum absolute atomic E-state index is 11.8. The van der Waals surface area contributed by atoms with Gasteiger partial charge in [-0.2, -0.15) is 0 Å². The lowest BCUT2D eigenvalue weighted by molar-refractivity contribution is -0.0625. The van der Waals surface area contributed by atoms with Crippen molar-refractivity contribution in [1.29, 1.82) is 0 Å². The van der Waals surface area contributed by atoms with Gasteiger partial charge in [0.2, 0.25) is 0 Å². The number of hydrogen-bond donors (Lipinski definition) is 1. The second-order valence-electron chi connectivity index (χ2n) is 5.95. The van der Waals surface area contributed by atoms with E-state index in [9.17, 15) is 9.90 Å². The van der Waals surface area contributed by atoms with Gasteiger partial charge < -0.3 is 14.7 Å². The zero-order valence-corrected chi connectivity index (χ0v) is 10.9. The van der Waals surface area contributed by atoms with E-state index in [1.54, 1.807) is 11.8 Å². The number of ether oxygens (including phenoxy) is 1. The molecule has 1 amide bonds. The van der Waals surface area contributed by atoms with Crippen molar-refractivity contribution < 1.29 is 14.6 Å². The monoisotopic (exact) mass is 229 g/mol. The van der Waals surface area contributed by atoms with Gasteiger partial charge in [-0.25, -0.2) is 4.79 Å². The quantitative estimate of drug-likeness (QED) is 0.691. The third-order valence-corrected chi connectivity index (χ3v) is 3.06. The molecule has 0 saturated carbocycles. The Morgan fingerprint density at radius 1 is 1.50 bits per heavy atom. The van der Waals surface area contributed by atoms with Crippen molar-refractivity contribution in [1.82, 2.24) is 4.90 Å². The van der Waals surface area contributed by atoms with Crippen LogP contribution in [0.1, 0.15) is 41.0 Å². The number of piperidine rings is 1. The molecule has 0 spiro atoms. The minimum absolute atomic E-state index is 0.214. The highest BCUT2D eigenvalue weighted by molar-refractivity contribution is 5.68. The van der Waals surface area contributed by atoms with Gasteiger partial charge in [-0.1, -0.05) is 6.92 Å². The van der Waals surface area contributed by atoms with E-state index in [1.807, 2.05) is 27.7 Å². The predicted molar refractivity (Wildman–Crippen MR) is 62.2 cm³/mol. The molecule has 1 N–H and O–H groups in total. The van der Waals surface area contributed by atoms with Crippen molar-refractivity contribution in [3.8, 4) is 0 Å². The van der Waals surface area contributed by atoms with Crippen LogP contribution < -0.4 is 0 Å². The van der Waals surface area contributed by atoms with Crippen molar-refractivity contribution in [2.45, 2.75) is 52.2 Å². The highest BCUT2D eigenvalue weighted by atomic mass is 16.6. The van der Waals surface area contributed by atoms with Crippen LogP contribution in [0.3, 0.4) is 0 Å². The number of carbonyl (C=O) groups excluding carboxylic acids is 1. The second kappa shape index (κ2) is 4.24. The van der Waals surface area contributed by atoms with Gasteiger partial charge in [0.05, 0.1) is 12.1 Å². The number of carbonyl (C=O) groups is 1. The van der Waals surface area contributed by atoms with Crippen LogP contribution in [0.4, 0.5) is 4.79 Å². The molecule has 1 heterocycles. The fraction of sp³-hybridized carbons (Fsp3) is 0.917. The van der Waals surface area contributed by atoms with E-state index in [1.165, 1.54) is 0 Å². The molecule has 0 bridgehead atoms. The van der Waals surface area contributed by atoms with Crippen molar-refractivity contribution in [3.63, 3.8) is 0 Å². The first kappa shape index (κ1) is 13.3. The van der Waals surface area contributed by atoms with E-state index >= 15 is 0 Å². The van der Waals surface area contributed by atoms with E-state index in [0.717, 1.165) is 6.42 Å². The molecule has 0 aromatic rings. The summed E-state index contributed by atoms with van der Waals surface area (Å²) in [4.78, 5) is 13.4. The molecule has 1 fully saturated rings. The molecular weight excluding hydrogens is 206 g/mol. The maximum Gasteiger partial charge on any atom is 0.410 e. The number of aliphatic hydroxyl groups is 1.